The number of methoxy groups -OCH3 is 1. The molecular weight excluding hydrogens is 603 g/mol. The van der Waals surface area contributed by atoms with Crippen molar-refractivity contribution < 1.29 is 23.5 Å². The summed E-state index contributed by atoms with van der Waals surface area (Å²) in [7, 11) is -0.429. The van der Waals surface area contributed by atoms with Crippen molar-refractivity contribution in [3.63, 3.8) is 0 Å². The number of benzene rings is 2. The van der Waals surface area contributed by atoms with Crippen LogP contribution in [0.2, 0.25) is 18.1 Å². The lowest BCUT2D eigenvalue weighted by molar-refractivity contribution is -0.138. The molecule has 3 heterocycles. The molecule has 5 rings (SSSR count). The summed E-state index contributed by atoms with van der Waals surface area (Å²) in [5, 5.41) is 0.493. The van der Waals surface area contributed by atoms with Gasteiger partial charge in [-0.15, -0.1) is 11.3 Å². The van der Waals surface area contributed by atoms with Gasteiger partial charge in [-0.1, -0.05) is 45.0 Å². The third-order valence-electron chi connectivity index (χ3n) is 9.16. The van der Waals surface area contributed by atoms with E-state index in [4.69, 9.17) is 19.6 Å². The Bertz CT molecular complexity index is 1590. The van der Waals surface area contributed by atoms with Crippen molar-refractivity contribution in [3.8, 4) is 11.5 Å². The van der Waals surface area contributed by atoms with Crippen LogP contribution in [0.25, 0.3) is 0 Å². The molecule has 2 N–H and O–H groups in total. The largest absolute Gasteiger partial charge is 0.543 e. The molecule has 0 spiro atoms. The molecule has 1 amide bonds. The van der Waals surface area contributed by atoms with E-state index in [1.54, 1.807) is 7.11 Å². The molecule has 0 aliphatic carbocycles. The number of nitrogens with zero attached hydrogens (tertiary/aromatic N) is 2. The number of amides is 1. The van der Waals surface area contributed by atoms with E-state index in [1.165, 1.54) is 11.3 Å². The van der Waals surface area contributed by atoms with Gasteiger partial charge in [-0.2, -0.15) is 0 Å². The maximum atomic E-state index is 14.5. The summed E-state index contributed by atoms with van der Waals surface area (Å²) in [6.07, 6.45) is 0.382. The molecule has 0 radical (unpaired) electrons. The standard InChI is InChI=1S/C35H47N3O5SSi/c1-34(2,3)42-33(40)30-25-17-27(37(21-29(25)44-31(30)36)18-22-13-15-24(41-7)16-14-22)32(39)38-19-23-11-10-12-28(26(23)20-38)43-45(8,9)35(4,5)6/h10-16,27H,17-21,36H2,1-9H3. The molecule has 242 valence electrons. The maximum absolute atomic E-state index is 14.5. The highest BCUT2D eigenvalue weighted by Crippen LogP contribution is 2.42. The summed E-state index contributed by atoms with van der Waals surface area (Å²) in [5.74, 6) is 1.26. The third kappa shape index (κ3) is 6.93. The molecular formula is C35H47N3O5SSi. The number of nitrogens with two attached hydrogens (primary N) is 1. The van der Waals surface area contributed by atoms with E-state index < -0.39 is 25.9 Å². The molecule has 1 aromatic heterocycles. The predicted octanol–water partition coefficient (Wildman–Crippen LogP) is 7.15. The molecule has 3 aromatic rings. The molecule has 1 atom stereocenters. The van der Waals surface area contributed by atoms with Gasteiger partial charge in [-0.25, -0.2) is 4.79 Å². The Labute approximate surface area is 272 Å². The van der Waals surface area contributed by atoms with Gasteiger partial charge in [-0.05, 0) is 80.2 Å². The number of hydrogen-bond donors (Lipinski definition) is 1. The second-order valence-corrected chi connectivity index (χ2v) is 20.5. The van der Waals surface area contributed by atoms with Crippen molar-refractivity contribution in [1.29, 1.82) is 0 Å². The van der Waals surface area contributed by atoms with Crippen LogP contribution in [0.4, 0.5) is 5.00 Å². The van der Waals surface area contributed by atoms with Gasteiger partial charge < -0.3 is 24.5 Å². The highest BCUT2D eigenvalue weighted by molar-refractivity contribution is 7.16. The van der Waals surface area contributed by atoms with Crippen LogP contribution in [-0.4, -0.2) is 48.7 Å². The summed E-state index contributed by atoms with van der Waals surface area (Å²) >= 11 is 1.41. The van der Waals surface area contributed by atoms with E-state index in [-0.39, 0.29) is 10.9 Å². The fourth-order valence-corrected chi connectivity index (χ4v) is 7.86. The third-order valence-corrected chi connectivity index (χ3v) is 14.5. The second-order valence-electron chi connectivity index (χ2n) is 14.7. The van der Waals surface area contributed by atoms with Gasteiger partial charge in [-0.3, -0.25) is 9.69 Å². The lowest BCUT2D eigenvalue weighted by Gasteiger charge is -2.37. The maximum Gasteiger partial charge on any atom is 0.341 e. The normalized spacial score (nSPS) is 17.1. The Morgan fingerprint density at radius 2 is 1.67 bits per heavy atom. The summed E-state index contributed by atoms with van der Waals surface area (Å²) in [4.78, 5) is 33.0. The molecule has 0 fully saturated rings. The zero-order valence-corrected chi connectivity index (χ0v) is 29.9. The first-order valence-corrected chi connectivity index (χ1v) is 19.3. The van der Waals surface area contributed by atoms with Crippen molar-refractivity contribution in [2.75, 3.05) is 12.8 Å². The lowest BCUT2D eigenvalue weighted by Crippen LogP contribution is -2.50. The first-order chi connectivity index (χ1) is 21.0. The van der Waals surface area contributed by atoms with Gasteiger partial charge in [0.25, 0.3) is 0 Å². The summed E-state index contributed by atoms with van der Waals surface area (Å²) < 4.78 is 17.8. The van der Waals surface area contributed by atoms with E-state index in [9.17, 15) is 9.59 Å². The van der Waals surface area contributed by atoms with E-state index in [0.717, 1.165) is 38.6 Å². The van der Waals surface area contributed by atoms with Gasteiger partial charge in [0, 0.05) is 36.6 Å². The monoisotopic (exact) mass is 649 g/mol. The number of thiophene rings is 1. The minimum atomic E-state index is -2.08. The summed E-state index contributed by atoms with van der Waals surface area (Å²) in [6.45, 7) is 18.8. The second kappa shape index (κ2) is 12.1. The van der Waals surface area contributed by atoms with E-state index in [2.05, 4.69) is 44.8 Å². The smallest absolute Gasteiger partial charge is 0.341 e. The predicted molar refractivity (Wildman–Crippen MR) is 182 cm³/mol. The van der Waals surface area contributed by atoms with Crippen LogP contribution in [0.3, 0.4) is 0 Å². The zero-order valence-electron chi connectivity index (χ0n) is 28.1. The van der Waals surface area contributed by atoms with Crippen molar-refractivity contribution in [3.05, 3.63) is 75.2 Å². The Kier molecular flexibility index (Phi) is 8.89. The van der Waals surface area contributed by atoms with Crippen molar-refractivity contribution in [2.45, 2.75) is 104 Å². The number of carbonyl (C=O) groups excluding carboxylic acids is 2. The zero-order chi connectivity index (χ0) is 32.9. The van der Waals surface area contributed by atoms with Gasteiger partial charge in [0.1, 0.15) is 22.1 Å². The summed E-state index contributed by atoms with van der Waals surface area (Å²) in [6, 6.07) is 13.6. The fourth-order valence-electron chi connectivity index (χ4n) is 5.70. The Hall–Kier alpha value is -3.34. The van der Waals surface area contributed by atoms with Crippen LogP contribution in [0.5, 0.6) is 11.5 Å². The highest BCUT2D eigenvalue weighted by Gasteiger charge is 2.42. The van der Waals surface area contributed by atoms with Gasteiger partial charge in [0.05, 0.1) is 18.7 Å². The molecule has 10 heteroatoms. The lowest BCUT2D eigenvalue weighted by atomic mass is 9.94. The van der Waals surface area contributed by atoms with Gasteiger partial charge in [0.2, 0.25) is 14.2 Å². The van der Waals surface area contributed by atoms with E-state index in [0.29, 0.717) is 43.2 Å². The average Bonchev–Trinajstić information content (AvgIpc) is 3.52. The molecule has 1 unspecified atom stereocenters. The molecule has 8 nitrogen and oxygen atoms in total. The SMILES string of the molecule is COc1ccc(CN2Cc3sc(N)c(C(=O)OC(C)(C)C)c3CC2C(=O)N2Cc3cccc(O[Si](C)(C)C(C)(C)C)c3C2)cc1. The quantitative estimate of drug-likeness (QED) is 0.215. The number of anilines is 1. The average molecular weight is 650 g/mol. The van der Waals surface area contributed by atoms with Crippen LogP contribution in [0.1, 0.15) is 79.0 Å². The molecule has 2 aliphatic rings. The van der Waals surface area contributed by atoms with Gasteiger partial charge >= 0.3 is 5.97 Å². The number of fused-ring (bicyclic) bond motifs is 2. The van der Waals surface area contributed by atoms with Crippen molar-refractivity contribution >= 4 is 36.5 Å². The highest BCUT2D eigenvalue weighted by atomic mass is 32.1. The molecule has 0 saturated carbocycles. The number of hydrogen-bond acceptors (Lipinski definition) is 8. The first kappa shape index (κ1) is 33.0. The van der Waals surface area contributed by atoms with E-state index in [1.807, 2.05) is 62.1 Å². The van der Waals surface area contributed by atoms with Crippen LogP contribution < -0.4 is 14.9 Å². The summed E-state index contributed by atoms with van der Waals surface area (Å²) in [5.41, 5.74) is 10.3. The van der Waals surface area contributed by atoms with Crippen molar-refractivity contribution in [1.82, 2.24) is 9.80 Å². The van der Waals surface area contributed by atoms with E-state index >= 15 is 0 Å². The number of rotatable bonds is 7. The van der Waals surface area contributed by atoms with Crippen LogP contribution in [-0.2, 0) is 42.1 Å². The molecule has 2 aromatic carbocycles. The Balaban J connectivity index is 1.46. The van der Waals surface area contributed by atoms with Crippen molar-refractivity contribution in [2.24, 2.45) is 0 Å². The molecule has 0 saturated heterocycles. The minimum Gasteiger partial charge on any atom is -0.543 e. The van der Waals surface area contributed by atoms with Crippen LogP contribution in [0, 0.1) is 0 Å². The Morgan fingerprint density at radius 3 is 2.29 bits per heavy atom. The molecule has 0 bridgehead atoms. The Morgan fingerprint density at radius 1 is 0.978 bits per heavy atom. The number of nitrogen functional groups attached to an aromatic ring is 1. The minimum absolute atomic E-state index is 0.0311. The molecule has 2 aliphatic heterocycles. The molecule has 45 heavy (non-hydrogen) atoms. The first-order valence-electron chi connectivity index (χ1n) is 15.6. The number of ether oxygens (including phenoxy) is 2. The van der Waals surface area contributed by atoms with Crippen LogP contribution >= 0.6 is 11.3 Å². The van der Waals surface area contributed by atoms with Gasteiger partial charge in [0.15, 0.2) is 0 Å². The topological polar surface area (TPSA) is 94.3 Å². The van der Waals surface area contributed by atoms with Crippen LogP contribution in [0.15, 0.2) is 42.5 Å². The fraction of sp³-hybridized carbons (Fsp3) is 0.486. The number of carbonyl (C=O) groups is 2. The number of esters is 1.